The Morgan fingerprint density at radius 1 is 1.71 bits per heavy atom. The Kier molecular flexibility index (Phi) is 4.06. The molecule has 1 aromatic heterocycles. The summed E-state index contributed by atoms with van der Waals surface area (Å²) in [5, 5.41) is 0. The predicted octanol–water partition coefficient (Wildman–Crippen LogP) is 0.349. The van der Waals surface area contributed by atoms with Crippen LogP contribution in [0, 0.1) is 0 Å². The molecule has 0 saturated carbocycles. The van der Waals surface area contributed by atoms with Crippen molar-refractivity contribution in [2.45, 2.75) is 25.5 Å². The van der Waals surface area contributed by atoms with Crippen LogP contribution in [0.4, 0.5) is 0 Å². The topological polar surface area (TPSA) is 65.1 Å². The van der Waals surface area contributed by atoms with E-state index in [4.69, 9.17) is 10.6 Å². The minimum atomic E-state index is -0.0648. The van der Waals surface area contributed by atoms with E-state index in [-0.39, 0.29) is 12.1 Å². The zero-order chi connectivity index (χ0) is 10.6. The van der Waals surface area contributed by atoms with Gasteiger partial charge in [0.05, 0.1) is 6.10 Å². The first-order valence-electron chi connectivity index (χ1n) is 4.70. The number of nitrogens with zero attached hydrogens (tertiary/aromatic N) is 2. The van der Waals surface area contributed by atoms with Gasteiger partial charge in [-0.15, -0.1) is 0 Å². The molecule has 0 radical (unpaired) electrons. The molecule has 14 heavy (non-hydrogen) atoms. The minimum absolute atomic E-state index is 0.0427. The van der Waals surface area contributed by atoms with Crippen LogP contribution in [0.2, 0.25) is 0 Å². The third-order valence-electron chi connectivity index (χ3n) is 2.39. The van der Waals surface area contributed by atoms with E-state index in [1.54, 1.807) is 13.3 Å². The van der Waals surface area contributed by atoms with Gasteiger partial charge >= 0.3 is 0 Å². The maximum atomic E-state index is 5.50. The molecule has 80 valence electrons. The lowest BCUT2D eigenvalue weighted by atomic mass is 10.1. The number of nitrogens with two attached hydrogens (primary N) is 1. The van der Waals surface area contributed by atoms with Crippen LogP contribution in [-0.2, 0) is 11.8 Å². The lowest BCUT2D eigenvalue weighted by Gasteiger charge is -2.23. The number of hydrogen-bond acceptors (Lipinski definition) is 4. The predicted molar refractivity (Wildman–Crippen MR) is 54.4 cm³/mol. The molecule has 0 fully saturated rings. The molecule has 3 N–H and O–H groups in total. The first kappa shape index (κ1) is 11.2. The maximum Gasteiger partial charge on any atom is 0.129 e. The van der Waals surface area contributed by atoms with Crippen molar-refractivity contribution in [3.63, 3.8) is 0 Å². The van der Waals surface area contributed by atoms with E-state index in [0.29, 0.717) is 0 Å². The quantitative estimate of drug-likeness (QED) is 0.529. The summed E-state index contributed by atoms with van der Waals surface area (Å²) in [5.74, 6) is 6.39. The van der Waals surface area contributed by atoms with Gasteiger partial charge in [-0.25, -0.2) is 10.4 Å². The largest absolute Gasteiger partial charge is 0.379 e. The first-order chi connectivity index (χ1) is 6.74. The molecule has 1 aromatic rings. The number of rotatable bonds is 5. The minimum Gasteiger partial charge on any atom is -0.379 e. The molecule has 0 spiro atoms. The van der Waals surface area contributed by atoms with Crippen LogP contribution in [0.15, 0.2) is 12.4 Å². The van der Waals surface area contributed by atoms with Crippen molar-refractivity contribution in [1.29, 1.82) is 0 Å². The highest BCUT2D eigenvalue weighted by Gasteiger charge is 2.23. The molecule has 5 heteroatoms. The summed E-state index contributed by atoms with van der Waals surface area (Å²) in [4.78, 5) is 4.24. The van der Waals surface area contributed by atoms with Gasteiger partial charge in [-0.3, -0.25) is 5.84 Å². The molecular formula is C9H18N4O. The van der Waals surface area contributed by atoms with E-state index in [2.05, 4.69) is 17.3 Å². The second kappa shape index (κ2) is 5.09. The van der Waals surface area contributed by atoms with Crippen LogP contribution in [0.25, 0.3) is 0 Å². The van der Waals surface area contributed by atoms with E-state index < -0.39 is 0 Å². The molecule has 0 amide bonds. The Morgan fingerprint density at radius 3 is 2.79 bits per heavy atom. The number of aryl methyl sites for hydroxylation is 1. The summed E-state index contributed by atoms with van der Waals surface area (Å²) >= 11 is 0. The highest BCUT2D eigenvalue weighted by Crippen LogP contribution is 2.18. The average Bonchev–Trinajstić information content (AvgIpc) is 2.61. The van der Waals surface area contributed by atoms with E-state index in [0.717, 1.165) is 12.2 Å². The molecule has 1 heterocycles. The lowest BCUT2D eigenvalue weighted by molar-refractivity contribution is 0.0615. The van der Waals surface area contributed by atoms with Gasteiger partial charge < -0.3 is 9.30 Å². The van der Waals surface area contributed by atoms with E-state index >= 15 is 0 Å². The summed E-state index contributed by atoms with van der Waals surface area (Å²) in [6, 6.07) is -0.0648. The first-order valence-corrected chi connectivity index (χ1v) is 4.70. The lowest BCUT2D eigenvalue weighted by Crippen LogP contribution is -2.38. The smallest absolute Gasteiger partial charge is 0.129 e. The molecule has 2 atom stereocenters. The maximum absolute atomic E-state index is 5.50. The Labute approximate surface area is 84.2 Å². The molecule has 5 nitrogen and oxygen atoms in total. The second-order valence-electron chi connectivity index (χ2n) is 3.22. The molecule has 0 aliphatic rings. The van der Waals surface area contributed by atoms with Crippen LogP contribution in [0.1, 0.15) is 25.2 Å². The number of hydrogen-bond donors (Lipinski definition) is 2. The summed E-state index contributed by atoms with van der Waals surface area (Å²) in [6.07, 6.45) is 4.57. The van der Waals surface area contributed by atoms with Crippen molar-refractivity contribution in [1.82, 2.24) is 15.0 Å². The van der Waals surface area contributed by atoms with Crippen LogP contribution < -0.4 is 11.3 Å². The second-order valence-corrected chi connectivity index (χ2v) is 3.22. The average molecular weight is 198 g/mol. The van der Waals surface area contributed by atoms with Crippen LogP contribution in [0.5, 0.6) is 0 Å². The zero-order valence-corrected chi connectivity index (χ0v) is 8.90. The molecule has 0 aromatic carbocycles. The number of hydrazine groups is 1. The SMILES string of the molecule is CCC(OC)C(NN)c1nccn1C. The van der Waals surface area contributed by atoms with E-state index in [9.17, 15) is 0 Å². The molecular weight excluding hydrogens is 180 g/mol. The van der Waals surface area contributed by atoms with Crippen molar-refractivity contribution in [3.8, 4) is 0 Å². The number of ether oxygens (including phenoxy) is 1. The van der Waals surface area contributed by atoms with Crippen LogP contribution in [0.3, 0.4) is 0 Å². The van der Waals surface area contributed by atoms with Gasteiger partial charge in [0.1, 0.15) is 11.9 Å². The van der Waals surface area contributed by atoms with Gasteiger partial charge in [0.25, 0.3) is 0 Å². The van der Waals surface area contributed by atoms with Gasteiger partial charge in [0.15, 0.2) is 0 Å². The zero-order valence-electron chi connectivity index (χ0n) is 8.90. The standard InChI is InChI=1S/C9H18N4O/c1-4-7(14-3)8(12-10)9-11-5-6-13(9)2/h5-8,12H,4,10H2,1-3H3. The molecule has 0 bridgehead atoms. The van der Waals surface area contributed by atoms with Crippen molar-refractivity contribution < 1.29 is 4.74 Å². The Bertz CT molecular complexity index is 270. The summed E-state index contributed by atoms with van der Waals surface area (Å²) < 4.78 is 7.27. The Balaban J connectivity index is 2.86. The van der Waals surface area contributed by atoms with Gasteiger partial charge in [-0.2, -0.15) is 0 Å². The van der Waals surface area contributed by atoms with Gasteiger partial charge in [-0.1, -0.05) is 6.92 Å². The van der Waals surface area contributed by atoms with Crippen molar-refractivity contribution >= 4 is 0 Å². The summed E-state index contributed by atoms with van der Waals surface area (Å²) in [7, 11) is 3.62. The molecule has 0 aliphatic heterocycles. The van der Waals surface area contributed by atoms with Crippen molar-refractivity contribution in [3.05, 3.63) is 18.2 Å². The third kappa shape index (κ3) is 2.12. The molecule has 0 saturated heterocycles. The van der Waals surface area contributed by atoms with Crippen molar-refractivity contribution in [2.24, 2.45) is 12.9 Å². The Hall–Kier alpha value is -0.910. The van der Waals surface area contributed by atoms with Crippen molar-refractivity contribution in [2.75, 3.05) is 7.11 Å². The number of imidazole rings is 1. The number of methoxy groups -OCH3 is 1. The Morgan fingerprint density at radius 2 is 2.43 bits per heavy atom. The summed E-state index contributed by atoms with van der Waals surface area (Å²) in [6.45, 7) is 2.06. The van der Waals surface area contributed by atoms with Crippen LogP contribution >= 0.6 is 0 Å². The van der Waals surface area contributed by atoms with Gasteiger partial charge in [0.2, 0.25) is 0 Å². The monoisotopic (exact) mass is 198 g/mol. The fraction of sp³-hybridized carbons (Fsp3) is 0.667. The highest BCUT2D eigenvalue weighted by molar-refractivity contribution is 5.01. The number of nitrogens with one attached hydrogen (secondary N) is 1. The fourth-order valence-corrected chi connectivity index (χ4v) is 1.56. The van der Waals surface area contributed by atoms with E-state index in [1.807, 2.05) is 17.8 Å². The van der Waals surface area contributed by atoms with Gasteiger partial charge in [0, 0.05) is 26.6 Å². The van der Waals surface area contributed by atoms with Gasteiger partial charge in [-0.05, 0) is 6.42 Å². The third-order valence-corrected chi connectivity index (χ3v) is 2.39. The number of aromatic nitrogens is 2. The molecule has 2 unspecified atom stereocenters. The highest BCUT2D eigenvalue weighted by atomic mass is 16.5. The summed E-state index contributed by atoms with van der Waals surface area (Å²) in [5.41, 5.74) is 2.74. The van der Waals surface area contributed by atoms with Crippen LogP contribution in [-0.4, -0.2) is 22.8 Å². The van der Waals surface area contributed by atoms with E-state index in [1.165, 1.54) is 0 Å². The molecule has 1 rings (SSSR count). The fourth-order valence-electron chi connectivity index (χ4n) is 1.56. The normalized spacial score (nSPS) is 15.4. The molecule has 0 aliphatic carbocycles.